The number of carboxylic acids is 1. The molecule has 0 saturated carbocycles. The van der Waals surface area contributed by atoms with Crippen LogP contribution < -0.4 is 0 Å². The molecule has 0 amide bonds. The molecule has 0 aromatic heterocycles. The molecule has 0 heterocycles. The summed E-state index contributed by atoms with van der Waals surface area (Å²) in [4.78, 5) is 10.8. The number of aliphatic hydroxyl groups excluding tert-OH is 1. The largest absolute Gasteiger partial charge is 0.478 e. The number of fused-ring (bicyclic) bond motifs is 1. The summed E-state index contributed by atoms with van der Waals surface area (Å²) in [6.07, 6.45) is 0.819. The fraction of sp³-hybridized carbons (Fsp3) is 0.300. The van der Waals surface area contributed by atoms with Crippen molar-refractivity contribution in [3.05, 3.63) is 34.9 Å². The van der Waals surface area contributed by atoms with Crippen LogP contribution in [-0.4, -0.2) is 16.2 Å². The first kappa shape index (κ1) is 8.26. The lowest BCUT2D eigenvalue weighted by atomic mass is 10.0. The van der Waals surface area contributed by atoms with Crippen molar-refractivity contribution in [1.29, 1.82) is 0 Å². The Bertz CT molecular complexity index is 357. The van der Waals surface area contributed by atoms with Gasteiger partial charge in [0.05, 0.1) is 11.7 Å². The standard InChI is InChI=1S/C10H10O3/c11-8-5-4-6-2-1-3-7(9(6)8)10(12)13/h1-3,8,11H,4-5H2,(H,12,13)/t8-/m0/s1. The van der Waals surface area contributed by atoms with E-state index in [1.54, 1.807) is 6.07 Å². The molecule has 1 aromatic rings. The fourth-order valence-electron chi connectivity index (χ4n) is 1.85. The Morgan fingerprint density at radius 1 is 1.46 bits per heavy atom. The Hall–Kier alpha value is -1.35. The third-order valence-corrected chi connectivity index (χ3v) is 2.45. The molecule has 68 valence electrons. The van der Waals surface area contributed by atoms with E-state index >= 15 is 0 Å². The van der Waals surface area contributed by atoms with Gasteiger partial charge in [-0.05, 0) is 30.0 Å². The number of benzene rings is 1. The van der Waals surface area contributed by atoms with Gasteiger partial charge in [-0.15, -0.1) is 0 Å². The number of rotatable bonds is 1. The Kier molecular flexibility index (Phi) is 1.81. The van der Waals surface area contributed by atoms with E-state index in [-0.39, 0.29) is 5.56 Å². The lowest BCUT2D eigenvalue weighted by Gasteiger charge is -2.07. The van der Waals surface area contributed by atoms with E-state index in [9.17, 15) is 9.90 Å². The molecule has 1 aliphatic carbocycles. The van der Waals surface area contributed by atoms with Gasteiger partial charge in [0.15, 0.2) is 0 Å². The molecule has 0 spiro atoms. The predicted octanol–water partition coefficient (Wildman–Crippen LogP) is 1.36. The van der Waals surface area contributed by atoms with Crippen LogP contribution in [0.15, 0.2) is 18.2 Å². The molecule has 2 N–H and O–H groups in total. The van der Waals surface area contributed by atoms with E-state index in [2.05, 4.69) is 0 Å². The van der Waals surface area contributed by atoms with Gasteiger partial charge in [-0.25, -0.2) is 4.79 Å². The maximum atomic E-state index is 10.8. The van der Waals surface area contributed by atoms with Crippen molar-refractivity contribution >= 4 is 5.97 Å². The highest BCUT2D eigenvalue weighted by atomic mass is 16.4. The Morgan fingerprint density at radius 3 is 2.92 bits per heavy atom. The van der Waals surface area contributed by atoms with Crippen LogP contribution in [-0.2, 0) is 6.42 Å². The smallest absolute Gasteiger partial charge is 0.336 e. The highest BCUT2D eigenvalue weighted by molar-refractivity contribution is 5.90. The van der Waals surface area contributed by atoms with Gasteiger partial charge in [0, 0.05) is 0 Å². The zero-order chi connectivity index (χ0) is 9.42. The van der Waals surface area contributed by atoms with Crippen LogP contribution in [0.3, 0.4) is 0 Å². The minimum absolute atomic E-state index is 0.238. The van der Waals surface area contributed by atoms with Crippen LogP contribution in [0.1, 0.15) is 34.0 Å². The van der Waals surface area contributed by atoms with E-state index < -0.39 is 12.1 Å². The van der Waals surface area contributed by atoms with Crippen LogP contribution in [0.25, 0.3) is 0 Å². The number of aryl methyl sites for hydroxylation is 1. The van der Waals surface area contributed by atoms with Crippen molar-refractivity contribution in [3.8, 4) is 0 Å². The summed E-state index contributed by atoms with van der Waals surface area (Å²) in [5.41, 5.74) is 1.81. The first-order valence-corrected chi connectivity index (χ1v) is 4.23. The first-order chi connectivity index (χ1) is 6.20. The Labute approximate surface area is 75.6 Å². The van der Waals surface area contributed by atoms with Crippen molar-refractivity contribution in [2.24, 2.45) is 0 Å². The summed E-state index contributed by atoms with van der Waals surface area (Å²) in [7, 11) is 0. The van der Waals surface area contributed by atoms with Crippen molar-refractivity contribution in [1.82, 2.24) is 0 Å². The van der Waals surface area contributed by atoms with Gasteiger partial charge >= 0.3 is 5.97 Å². The van der Waals surface area contributed by atoms with Crippen molar-refractivity contribution < 1.29 is 15.0 Å². The summed E-state index contributed by atoms with van der Waals surface area (Å²) in [6.45, 7) is 0. The van der Waals surface area contributed by atoms with E-state index in [4.69, 9.17) is 5.11 Å². The van der Waals surface area contributed by atoms with Gasteiger partial charge in [-0.2, -0.15) is 0 Å². The first-order valence-electron chi connectivity index (χ1n) is 4.23. The summed E-state index contributed by atoms with van der Waals surface area (Å²) < 4.78 is 0. The molecule has 0 fully saturated rings. The maximum Gasteiger partial charge on any atom is 0.336 e. The van der Waals surface area contributed by atoms with Crippen LogP contribution in [0.2, 0.25) is 0 Å². The fourth-order valence-corrected chi connectivity index (χ4v) is 1.85. The SMILES string of the molecule is O=C(O)c1cccc2c1[C@@H](O)CC2. The van der Waals surface area contributed by atoms with E-state index in [0.29, 0.717) is 12.0 Å². The second kappa shape index (κ2) is 2.85. The maximum absolute atomic E-state index is 10.8. The second-order valence-corrected chi connectivity index (χ2v) is 3.24. The molecular weight excluding hydrogens is 168 g/mol. The van der Waals surface area contributed by atoms with Gasteiger partial charge in [-0.1, -0.05) is 12.1 Å². The highest BCUT2D eigenvalue weighted by Gasteiger charge is 2.25. The van der Waals surface area contributed by atoms with Gasteiger partial charge in [0.2, 0.25) is 0 Å². The number of hydrogen-bond donors (Lipinski definition) is 2. The molecular formula is C10H10O3. The van der Waals surface area contributed by atoms with Crippen LogP contribution in [0.4, 0.5) is 0 Å². The molecule has 1 aromatic carbocycles. The molecule has 0 saturated heterocycles. The number of aliphatic hydroxyl groups is 1. The minimum atomic E-state index is -0.960. The molecule has 2 rings (SSSR count). The Balaban J connectivity index is 2.60. The summed E-state index contributed by atoms with van der Waals surface area (Å²) in [5, 5.41) is 18.4. The average molecular weight is 178 g/mol. The lowest BCUT2D eigenvalue weighted by molar-refractivity contribution is 0.0690. The molecule has 0 unspecified atom stereocenters. The minimum Gasteiger partial charge on any atom is -0.478 e. The quantitative estimate of drug-likeness (QED) is 0.682. The second-order valence-electron chi connectivity index (χ2n) is 3.24. The van der Waals surface area contributed by atoms with E-state index in [0.717, 1.165) is 12.0 Å². The normalized spacial score (nSPS) is 19.9. The zero-order valence-corrected chi connectivity index (χ0v) is 7.03. The van der Waals surface area contributed by atoms with Gasteiger partial charge in [0.1, 0.15) is 0 Å². The topological polar surface area (TPSA) is 57.5 Å². The van der Waals surface area contributed by atoms with E-state index in [1.807, 2.05) is 6.07 Å². The van der Waals surface area contributed by atoms with Crippen molar-refractivity contribution in [2.45, 2.75) is 18.9 Å². The predicted molar refractivity (Wildman–Crippen MR) is 46.7 cm³/mol. The monoisotopic (exact) mass is 178 g/mol. The number of carboxylic acid groups (broad SMARTS) is 1. The third-order valence-electron chi connectivity index (χ3n) is 2.45. The molecule has 13 heavy (non-hydrogen) atoms. The molecule has 0 radical (unpaired) electrons. The van der Waals surface area contributed by atoms with Gasteiger partial charge < -0.3 is 10.2 Å². The lowest BCUT2D eigenvalue weighted by Crippen LogP contribution is -2.04. The average Bonchev–Trinajstić information content (AvgIpc) is 2.48. The van der Waals surface area contributed by atoms with E-state index in [1.165, 1.54) is 6.07 Å². The zero-order valence-electron chi connectivity index (χ0n) is 7.03. The molecule has 0 bridgehead atoms. The van der Waals surface area contributed by atoms with Gasteiger partial charge in [0.25, 0.3) is 0 Å². The summed E-state index contributed by atoms with van der Waals surface area (Å²) in [5.74, 6) is -0.960. The van der Waals surface area contributed by atoms with Crippen molar-refractivity contribution in [2.75, 3.05) is 0 Å². The number of hydrogen-bond acceptors (Lipinski definition) is 2. The highest BCUT2D eigenvalue weighted by Crippen LogP contribution is 2.33. The molecule has 3 nitrogen and oxygen atoms in total. The van der Waals surface area contributed by atoms with Gasteiger partial charge in [-0.3, -0.25) is 0 Å². The molecule has 1 aliphatic rings. The van der Waals surface area contributed by atoms with Crippen LogP contribution in [0, 0.1) is 0 Å². The molecule has 3 heteroatoms. The third kappa shape index (κ3) is 1.21. The molecule has 1 atom stereocenters. The van der Waals surface area contributed by atoms with Crippen molar-refractivity contribution in [3.63, 3.8) is 0 Å². The number of aromatic carboxylic acids is 1. The summed E-state index contributed by atoms with van der Waals surface area (Å²) >= 11 is 0. The summed E-state index contributed by atoms with van der Waals surface area (Å²) in [6, 6.07) is 5.13. The van der Waals surface area contributed by atoms with Crippen LogP contribution >= 0.6 is 0 Å². The Morgan fingerprint density at radius 2 is 2.23 bits per heavy atom. The van der Waals surface area contributed by atoms with Crippen LogP contribution in [0.5, 0.6) is 0 Å². The molecule has 0 aliphatic heterocycles. The number of carbonyl (C=O) groups is 1.